The number of nitrogens with zero attached hydrogens (tertiary/aromatic N) is 4. The first-order valence-corrected chi connectivity index (χ1v) is 11.6. The first-order chi connectivity index (χ1) is 15.6. The maximum Gasteiger partial charge on any atom is 0.297 e. The third-order valence-electron chi connectivity index (χ3n) is 4.54. The molecule has 178 valence electrons. The summed E-state index contributed by atoms with van der Waals surface area (Å²) in [6.45, 7) is 2.87. The standard InChI is InChI=1S/C20H27N7O5S/c1-14-24-11-18(25-33(31,32)13-16-7-4-3-5-8-16)19(30)26(14)27(15(2)29)17(12-28)9-6-10-23-20(21)22/h3-5,7-8,11-12,17,25H,6,9-10,13H2,1-2H3,(H4,21,22,23)/t17-/m0/s1. The van der Waals surface area contributed by atoms with Crippen molar-refractivity contribution in [3.8, 4) is 0 Å². The summed E-state index contributed by atoms with van der Waals surface area (Å²) >= 11 is 0. The maximum absolute atomic E-state index is 13.1. The van der Waals surface area contributed by atoms with Crippen molar-refractivity contribution in [3.05, 3.63) is 58.3 Å². The van der Waals surface area contributed by atoms with Crippen LogP contribution in [0.4, 0.5) is 5.69 Å². The minimum Gasteiger partial charge on any atom is -0.370 e. The van der Waals surface area contributed by atoms with E-state index < -0.39 is 27.5 Å². The van der Waals surface area contributed by atoms with Gasteiger partial charge in [-0.05, 0) is 25.3 Å². The second-order valence-electron chi connectivity index (χ2n) is 7.20. The van der Waals surface area contributed by atoms with Crippen molar-refractivity contribution in [1.82, 2.24) is 9.66 Å². The van der Waals surface area contributed by atoms with E-state index in [4.69, 9.17) is 11.5 Å². The summed E-state index contributed by atoms with van der Waals surface area (Å²) in [5.41, 5.74) is 9.89. The fraction of sp³-hybridized carbons (Fsp3) is 0.350. The Morgan fingerprint density at radius 2 is 1.97 bits per heavy atom. The van der Waals surface area contributed by atoms with E-state index in [-0.39, 0.29) is 36.2 Å². The highest BCUT2D eigenvalue weighted by molar-refractivity contribution is 7.91. The number of rotatable bonds is 11. The highest BCUT2D eigenvalue weighted by Gasteiger charge is 2.26. The summed E-state index contributed by atoms with van der Waals surface area (Å²) in [4.78, 5) is 45.2. The summed E-state index contributed by atoms with van der Waals surface area (Å²) in [5, 5.41) is 0.947. The van der Waals surface area contributed by atoms with Crippen molar-refractivity contribution < 1.29 is 18.0 Å². The first kappa shape index (κ1) is 25.5. The molecular formula is C20H27N7O5S. The lowest BCUT2D eigenvalue weighted by atomic mass is 10.1. The van der Waals surface area contributed by atoms with E-state index in [1.165, 1.54) is 13.8 Å². The summed E-state index contributed by atoms with van der Waals surface area (Å²) in [6.07, 6.45) is 2.12. The van der Waals surface area contributed by atoms with E-state index in [0.717, 1.165) is 15.9 Å². The topological polar surface area (TPSA) is 183 Å². The summed E-state index contributed by atoms with van der Waals surface area (Å²) in [7, 11) is -3.95. The number of carbonyl (C=O) groups is 2. The van der Waals surface area contributed by atoms with E-state index >= 15 is 0 Å². The molecule has 13 heteroatoms. The fourth-order valence-corrected chi connectivity index (χ4v) is 4.31. The monoisotopic (exact) mass is 477 g/mol. The number of sulfonamides is 1. The van der Waals surface area contributed by atoms with Crippen LogP contribution in [-0.2, 0) is 25.4 Å². The predicted octanol–water partition coefficient (Wildman–Crippen LogP) is -0.401. The van der Waals surface area contributed by atoms with Crippen molar-refractivity contribution in [2.75, 3.05) is 16.3 Å². The number of amides is 1. The van der Waals surface area contributed by atoms with Gasteiger partial charge in [-0.1, -0.05) is 30.3 Å². The molecule has 0 aliphatic carbocycles. The van der Waals surface area contributed by atoms with Crippen molar-refractivity contribution in [2.45, 2.75) is 38.5 Å². The molecule has 0 spiro atoms. The lowest BCUT2D eigenvalue weighted by Crippen LogP contribution is -2.54. The summed E-state index contributed by atoms with van der Waals surface area (Å²) < 4.78 is 28.3. The van der Waals surface area contributed by atoms with Crippen LogP contribution in [0.2, 0.25) is 0 Å². The van der Waals surface area contributed by atoms with Crippen LogP contribution < -0.4 is 26.8 Å². The number of anilines is 1. The van der Waals surface area contributed by atoms with Crippen LogP contribution in [0.1, 0.15) is 31.2 Å². The Balaban J connectivity index is 2.37. The molecule has 0 bridgehead atoms. The van der Waals surface area contributed by atoms with Crippen LogP contribution in [0.25, 0.3) is 0 Å². The van der Waals surface area contributed by atoms with Crippen LogP contribution in [0, 0.1) is 6.92 Å². The van der Waals surface area contributed by atoms with Gasteiger partial charge in [-0.15, -0.1) is 0 Å². The van der Waals surface area contributed by atoms with Crippen molar-refractivity contribution in [2.24, 2.45) is 16.5 Å². The van der Waals surface area contributed by atoms with Crippen LogP contribution in [-0.4, -0.2) is 48.8 Å². The molecule has 0 fully saturated rings. The third kappa shape index (κ3) is 7.14. The Hall–Kier alpha value is -3.74. The molecule has 0 aliphatic rings. The molecular weight excluding hydrogens is 450 g/mol. The number of nitrogens with one attached hydrogen (secondary N) is 1. The number of aliphatic imine (C=N–C) groups is 1. The van der Waals surface area contributed by atoms with Gasteiger partial charge in [0.1, 0.15) is 23.8 Å². The molecule has 0 aliphatic heterocycles. The minimum absolute atomic E-state index is 0.0947. The number of benzene rings is 1. The molecule has 1 heterocycles. The zero-order chi connectivity index (χ0) is 24.6. The average molecular weight is 478 g/mol. The van der Waals surface area contributed by atoms with Gasteiger partial charge in [0.05, 0.1) is 11.9 Å². The van der Waals surface area contributed by atoms with Gasteiger partial charge in [-0.2, -0.15) is 4.68 Å². The van der Waals surface area contributed by atoms with E-state index in [9.17, 15) is 22.8 Å². The number of guanidine groups is 1. The first-order valence-electron chi connectivity index (χ1n) is 9.99. The molecule has 0 radical (unpaired) electrons. The van der Waals surface area contributed by atoms with Crippen molar-refractivity contribution in [3.63, 3.8) is 0 Å². The molecule has 12 nitrogen and oxygen atoms in total. The summed E-state index contributed by atoms with van der Waals surface area (Å²) in [5.74, 6) is -0.977. The average Bonchev–Trinajstić information content (AvgIpc) is 2.74. The highest BCUT2D eigenvalue weighted by Crippen LogP contribution is 2.11. The minimum atomic E-state index is -3.95. The van der Waals surface area contributed by atoms with Gasteiger partial charge in [0.15, 0.2) is 5.96 Å². The quantitative estimate of drug-likeness (QED) is 0.169. The van der Waals surface area contributed by atoms with Gasteiger partial charge in [0, 0.05) is 13.5 Å². The molecule has 1 aromatic heterocycles. The fourth-order valence-electron chi connectivity index (χ4n) is 3.13. The zero-order valence-corrected chi connectivity index (χ0v) is 19.2. The smallest absolute Gasteiger partial charge is 0.297 e. The number of aryl methyl sites for hydroxylation is 1. The van der Waals surface area contributed by atoms with Gasteiger partial charge < -0.3 is 16.3 Å². The second-order valence-corrected chi connectivity index (χ2v) is 8.92. The van der Waals surface area contributed by atoms with E-state index in [1.807, 2.05) is 0 Å². The number of hydrogen-bond donors (Lipinski definition) is 3. The molecule has 5 N–H and O–H groups in total. The Kier molecular flexibility index (Phi) is 8.68. The Labute approximate surface area is 191 Å². The van der Waals surface area contributed by atoms with Gasteiger partial charge >= 0.3 is 0 Å². The van der Waals surface area contributed by atoms with Crippen LogP contribution in [0.3, 0.4) is 0 Å². The molecule has 1 amide bonds. The molecule has 33 heavy (non-hydrogen) atoms. The highest BCUT2D eigenvalue weighted by atomic mass is 32.2. The number of carbonyl (C=O) groups excluding carboxylic acids is 2. The molecule has 2 aromatic rings. The lowest BCUT2D eigenvalue weighted by Gasteiger charge is -2.29. The van der Waals surface area contributed by atoms with Crippen LogP contribution in [0.15, 0.2) is 46.3 Å². The number of hydrogen-bond acceptors (Lipinski definition) is 7. The second kappa shape index (κ2) is 11.2. The lowest BCUT2D eigenvalue weighted by molar-refractivity contribution is -0.121. The van der Waals surface area contributed by atoms with Crippen molar-refractivity contribution in [1.29, 1.82) is 0 Å². The zero-order valence-electron chi connectivity index (χ0n) is 18.3. The number of aldehydes is 1. The van der Waals surface area contributed by atoms with Gasteiger partial charge in [-0.3, -0.25) is 19.3 Å². The largest absolute Gasteiger partial charge is 0.370 e. The molecule has 0 saturated carbocycles. The van der Waals surface area contributed by atoms with Crippen molar-refractivity contribution >= 4 is 33.9 Å². The van der Waals surface area contributed by atoms with E-state index in [2.05, 4.69) is 14.7 Å². The predicted molar refractivity (Wildman–Crippen MR) is 125 cm³/mol. The van der Waals surface area contributed by atoms with E-state index in [0.29, 0.717) is 18.3 Å². The molecule has 2 rings (SSSR count). The number of nitrogens with two attached hydrogens (primary N) is 2. The van der Waals surface area contributed by atoms with Crippen LogP contribution in [0.5, 0.6) is 0 Å². The number of aromatic nitrogens is 2. The third-order valence-corrected chi connectivity index (χ3v) is 5.78. The molecule has 0 saturated heterocycles. The summed E-state index contributed by atoms with van der Waals surface area (Å²) in [6, 6.07) is 7.40. The van der Waals surface area contributed by atoms with Gasteiger partial charge in [-0.25, -0.2) is 18.4 Å². The van der Waals surface area contributed by atoms with Crippen LogP contribution >= 0.6 is 0 Å². The Morgan fingerprint density at radius 1 is 1.30 bits per heavy atom. The Bertz CT molecular complexity index is 1180. The normalized spacial score (nSPS) is 11.9. The Morgan fingerprint density at radius 3 is 2.55 bits per heavy atom. The van der Waals surface area contributed by atoms with E-state index in [1.54, 1.807) is 30.3 Å². The molecule has 0 unspecified atom stereocenters. The maximum atomic E-state index is 13.1. The van der Waals surface area contributed by atoms with Gasteiger partial charge in [0.2, 0.25) is 15.9 Å². The molecule has 1 atom stereocenters. The molecule has 1 aromatic carbocycles. The SMILES string of the molecule is CC(=O)N([C@H](C=O)CCCN=C(N)N)n1c(C)ncc(NS(=O)(=O)Cc2ccccc2)c1=O. The van der Waals surface area contributed by atoms with Gasteiger partial charge in [0.25, 0.3) is 5.56 Å².